The highest BCUT2D eigenvalue weighted by Crippen LogP contribution is 2.28. The minimum absolute atomic E-state index is 0.257. The molecule has 0 saturated heterocycles. The number of carbonyl (C=O) groups excluding carboxylic acids is 1. The third kappa shape index (κ3) is 4.21. The molecule has 2 N–H and O–H groups in total. The van der Waals surface area contributed by atoms with Gasteiger partial charge in [0.25, 0.3) is 0 Å². The van der Waals surface area contributed by atoms with Gasteiger partial charge in [-0.3, -0.25) is 9.59 Å². The zero-order valence-electron chi connectivity index (χ0n) is 15.9. The van der Waals surface area contributed by atoms with Crippen molar-refractivity contribution < 1.29 is 19.4 Å². The standard InChI is InChI=1S/C24H18ClNO4/c25-17-8-11-19-20(13-22(27)28)23(26-21(19)12-17)24(29)16-6-9-18(10-7-16)30-14-15-4-2-1-3-5-15/h1-12,26H,13-14H2,(H,27,28). The number of hydrogen-bond acceptors (Lipinski definition) is 3. The van der Waals surface area contributed by atoms with E-state index in [0.29, 0.717) is 39.4 Å². The van der Waals surface area contributed by atoms with Crippen LogP contribution in [-0.4, -0.2) is 21.8 Å². The van der Waals surface area contributed by atoms with E-state index in [4.69, 9.17) is 16.3 Å². The van der Waals surface area contributed by atoms with Crippen LogP contribution >= 0.6 is 11.6 Å². The summed E-state index contributed by atoms with van der Waals surface area (Å²) in [6.45, 7) is 0.430. The molecule has 5 nitrogen and oxygen atoms in total. The fraction of sp³-hybridized carbons (Fsp3) is 0.0833. The van der Waals surface area contributed by atoms with Crippen molar-refractivity contribution in [1.82, 2.24) is 4.98 Å². The van der Waals surface area contributed by atoms with Crippen LogP contribution in [0.25, 0.3) is 10.9 Å². The molecule has 0 aliphatic heterocycles. The molecule has 0 fully saturated rings. The van der Waals surface area contributed by atoms with Gasteiger partial charge in [-0.25, -0.2) is 0 Å². The normalized spacial score (nSPS) is 10.8. The van der Waals surface area contributed by atoms with E-state index < -0.39 is 5.97 Å². The average molecular weight is 420 g/mol. The number of aromatic amines is 1. The first-order valence-electron chi connectivity index (χ1n) is 9.34. The highest BCUT2D eigenvalue weighted by atomic mass is 35.5. The number of carboxylic acids is 1. The van der Waals surface area contributed by atoms with Crippen LogP contribution in [0, 0.1) is 0 Å². The van der Waals surface area contributed by atoms with E-state index in [1.807, 2.05) is 30.3 Å². The van der Waals surface area contributed by atoms with E-state index in [-0.39, 0.29) is 17.9 Å². The lowest BCUT2D eigenvalue weighted by Crippen LogP contribution is -2.08. The number of ether oxygens (including phenoxy) is 1. The number of H-pyrrole nitrogens is 1. The molecule has 0 saturated carbocycles. The van der Waals surface area contributed by atoms with E-state index in [9.17, 15) is 14.7 Å². The number of carboxylic acid groups (broad SMARTS) is 1. The number of rotatable bonds is 7. The largest absolute Gasteiger partial charge is 0.489 e. The summed E-state index contributed by atoms with van der Waals surface area (Å²) >= 11 is 6.04. The number of nitrogens with one attached hydrogen (secondary N) is 1. The van der Waals surface area contributed by atoms with Crippen LogP contribution < -0.4 is 4.74 Å². The highest BCUT2D eigenvalue weighted by molar-refractivity contribution is 6.31. The molecule has 0 aliphatic rings. The lowest BCUT2D eigenvalue weighted by Gasteiger charge is -2.07. The van der Waals surface area contributed by atoms with Gasteiger partial charge in [0.2, 0.25) is 5.78 Å². The molecule has 30 heavy (non-hydrogen) atoms. The summed E-state index contributed by atoms with van der Waals surface area (Å²) in [7, 11) is 0. The zero-order chi connectivity index (χ0) is 21.1. The lowest BCUT2D eigenvalue weighted by atomic mass is 10.0. The van der Waals surface area contributed by atoms with Crippen LogP contribution in [0.2, 0.25) is 5.02 Å². The SMILES string of the molecule is O=C(O)Cc1c(C(=O)c2ccc(OCc3ccccc3)cc2)[nH]c2cc(Cl)ccc12. The van der Waals surface area contributed by atoms with Crippen molar-refractivity contribution >= 4 is 34.3 Å². The molecule has 0 radical (unpaired) electrons. The van der Waals surface area contributed by atoms with Crippen LogP contribution in [-0.2, 0) is 17.8 Å². The molecule has 6 heteroatoms. The van der Waals surface area contributed by atoms with Gasteiger partial charge >= 0.3 is 5.97 Å². The Balaban J connectivity index is 1.59. The molecular weight excluding hydrogens is 402 g/mol. The van der Waals surface area contributed by atoms with Crippen molar-refractivity contribution in [1.29, 1.82) is 0 Å². The molecule has 0 amide bonds. The highest BCUT2D eigenvalue weighted by Gasteiger charge is 2.21. The summed E-state index contributed by atoms with van der Waals surface area (Å²) in [6, 6.07) is 21.7. The van der Waals surface area contributed by atoms with Gasteiger partial charge < -0.3 is 14.8 Å². The Morgan fingerprint density at radius 2 is 1.70 bits per heavy atom. The Labute approximate surface area is 177 Å². The quantitative estimate of drug-likeness (QED) is 0.400. The number of hydrogen-bond donors (Lipinski definition) is 2. The van der Waals surface area contributed by atoms with Crippen molar-refractivity contribution in [3.63, 3.8) is 0 Å². The third-order valence-corrected chi connectivity index (χ3v) is 5.02. The van der Waals surface area contributed by atoms with Crippen molar-refractivity contribution in [2.45, 2.75) is 13.0 Å². The maximum absolute atomic E-state index is 13.1. The van der Waals surface area contributed by atoms with E-state index in [2.05, 4.69) is 4.98 Å². The monoisotopic (exact) mass is 419 g/mol. The Kier molecular flexibility index (Phi) is 5.55. The van der Waals surface area contributed by atoms with E-state index in [1.165, 1.54) is 0 Å². The predicted molar refractivity (Wildman–Crippen MR) is 115 cm³/mol. The topological polar surface area (TPSA) is 79.4 Å². The molecule has 1 heterocycles. The fourth-order valence-corrected chi connectivity index (χ4v) is 3.52. The molecule has 0 aliphatic carbocycles. The predicted octanol–water partition coefficient (Wildman–Crippen LogP) is 5.26. The lowest BCUT2D eigenvalue weighted by molar-refractivity contribution is -0.136. The zero-order valence-corrected chi connectivity index (χ0v) is 16.6. The first kappa shape index (κ1) is 19.7. The van der Waals surface area contributed by atoms with Gasteiger partial charge in [-0.15, -0.1) is 0 Å². The van der Waals surface area contributed by atoms with Gasteiger partial charge in [0.15, 0.2) is 0 Å². The average Bonchev–Trinajstić information content (AvgIpc) is 3.09. The van der Waals surface area contributed by atoms with Gasteiger partial charge in [-0.1, -0.05) is 48.0 Å². The molecular formula is C24H18ClNO4. The Morgan fingerprint density at radius 1 is 0.967 bits per heavy atom. The van der Waals surface area contributed by atoms with Crippen LogP contribution in [0.15, 0.2) is 72.8 Å². The van der Waals surface area contributed by atoms with Crippen molar-refractivity contribution in [3.05, 3.63) is 100 Å². The Bertz CT molecular complexity index is 1210. The number of ketones is 1. The summed E-state index contributed by atoms with van der Waals surface area (Å²) in [6.07, 6.45) is -0.263. The molecule has 4 aromatic rings. The summed E-state index contributed by atoms with van der Waals surface area (Å²) in [4.78, 5) is 27.5. The second kappa shape index (κ2) is 8.43. The van der Waals surface area contributed by atoms with Crippen LogP contribution in [0.5, 0.6) is 5.75 Å². The maximum Gasteiger partial charge on any atom is 0.307 e. The van der Waals surface area contributed by atoms with Gasteiger partial charge in [-0.05, 0) is 42.0 Å². The van der Waals surface area contributed by atoms with Crippen LogP contribution in [0.1, 0.15) is 27.2 Å². The number of aliphatic carboxylic acids is 1. The third-order valence-electron chi connectivity index (χ3n) is 4.79. The summed E-state index contributed by atoms with van der Waals surface area (Å²) in [5.41, 5.74) is 2.82. The molecule has 0 spiro atoms. The fourth-order valence-electron chi connectivity index (χ4n) is 3.34. The minimum Gasteiger partial charge on any atom is -0.489 e. The summed E-state index contributed by atoms with van der Waals surface area (Å²) in [5.74, 6) is -0.651. The number of benzene rings is 3. The summed E-state index contributed by atoms with van der Waals surface area (Å²) < 4.78 is 5.76. The van der Waals surface area contributed by atoms with Gasteiger partial charge in [0.1, 0.15) is 12.4 Å². The second-order valence-electron chi connectivity index (χ2n) is 6.87. The summed E-state index contributed by atoms with van der Waals surface area (Å²) in [5, 5.41) is 10.5. The van der Waals surface area contributed by atoms with Crippen molar-refractivity contribution in [2.75, 3.05) is 0 Å². The molecule has 4 rings (SSSR count). The molecule has 3 aromatic carbocycles. The number of fused-ring (bicyclic) bond motifs is 1. The van der Waals surface area contributed by atoms with E-state index in [1.54, 1.807) is 42.5 Å². The number of aromatic nitrogens is 1. The second-order valence-corrected chi connectivity index (χ2v) is 7.30. The molecule has 0 bridgehead atoms. The number of halogens is 1. The Morgan fingerprint density at radius 3 is 2.40 bits per heavy atom. The van der Waals surface area contributed by atoms with Crippen LogP contribution in [0.4, 0.5) is 0 Å². The molecule has 150 valence electrons. The smallest absolute Gasteiger partial charge is 0.307 e. The first-order chi connectivity index (χ1) is 14.5. The van der Waals surface area contributed by atoms with Crippen molar-refractivity contribution in [2.24, 2.45) is 0 Å². The molecule has 1 aromatic heterocycles. The van der Waals surface area contributed by atoms with Crippen molar-refractivity contribution in [3.8, 4) is 5.75 Å². The van der Waals surface area contributed by atoms with Crippen LogP contribution in [0.3, 0.4) is 0 Å². The Hall–Kier alpha value is -3.57. The van der Waals surface area contributed by atoms with E-state index >= 15 is 0 Å². The first-order valence-corrected chi connectivity index (χ1v) is 9.72. The van der Waals surface area contributed by atoms with Gasteiger partial charge in [0.05, 0.1) is 12.1 Å². The number of carbonyl (C=O) groups is 2. The van der Waals surface area contributed by atoms with E-state index in [0.717, 1.165) is 5.56 Å². The van der Waals surface area contributed by atoms with Gasteiger partial charge in [-0.2, -0.15) is 0 Å². The maximum atomic E-state index is 13.1. The molecule has 0 unspecified atom stereocenters. The van der Waals surface area contributed by atoms with Gasteiger partial charge in [0, 0.05) is 27.1 Å². The minimum atomic E-state index is -1.01. The molecule has 0 atom stereocenters.